The lowest BCUT2D eigenvalue weighted by Crippen LogP contribution is -2.53. The van der Waals surface area contributed by atoms with Crippen LogP contribution in [0, 0.1) is 0 Å². The summed E-state index contributed by atoms with van der Waals surface area (Å²) in [5, 5.41) is 9.63. The minimum atomic E-state index is -0.352. The number of aliphatic hydroxyl groups is 1. The average Bonchev–Trinajstić information content (AvgIpc) is 2.18. The smallest absolute Gasteiger partial charge is 0.0900 e. The average molecular weight is 216 g/mol. The van der Waals surface area contributed by atoms with E-state index in [2.05, 4.69) is 23.6 Å². The second-order valence-corrected chi connectivity index (χ2v) is 4.35. The van der Waals surface area contributed by atoms with Crippen LogP contribution in [0.1, 0.15) is 13.8 Å². The van der Waals surface area contributed by atoms with Gasteiger partial charge in [0, 0.05) is 39.3 Å². The van der Waals surface area contributed by atoms with Gasteiger partial charge in [-0.1, -0.05) is 6.92 Å². The number of hydrogen-bond donors (Lipinski definition) is 1. The molecule has 0 aliphatic carbocycles. The van der Waals surface area contributed by atoms with E-state index >= 15 is 0 Å². The molecular formula is C11H24N2O2. The Labute approximate surface area is 92.8 Å². The molecule has 1 saturated heterocycles. The van der Waals surface area contributed by atoms with E-state index in [-0.39, 0.29) is 6.10 Å². The maximum atomic E-state index is 9.63. The summed E-state index contributed by atoms with van der Waals surface area (Å²) in [5.41, 5.74) is 0. The number of likely N-dealkylation sites (N-methyl/N-ethyl adjacent to an activating group) is 1. The molecule has 0 spiro atoms. The molecule has 0 amide bonds. The number of rotatable bonds is 5. The molecule has 2 unspecified atom stereocenters. The van der Waals surface area contributed by atoms with Crippen molar-refractivity contribution in [3.8, 4) is 0 Å². The number of piperazine rings is 1. The third-order valence-corrected chi connectivity index (χ3v) is 3.08. The van der Waals surface area contributed by atoms with Gasteiger partial charge < -0.3 is 9.84 Å². The van der Waals surface area contributed by atoms with Crippen LogP contribution in [0.5, 0.6) is 0 Å². The van der Waals surface area contributed by atoms with Crippen LogP contribution >= 0.6 is 0 Å². The fourth-order valence-electron chi connectivity index (χ4n) is 2.25. The highest BCUT2D eigenvalue weighted by atomic mass is 16.5. The number of methoxy groups -OCH3 is 1. The molecule has 0 aromatic rings. The first-order valence-corrected chi connectivity index (χ1v) is 5.80. The van der Waals surface area contributed by atoms with Crippen molar-refractivity contribution in [2.45, 2.75) is 26.0 Å². The Kier molecular flexibility index (Phi) is 5.53. The van der Waals surface area contributed by atoms with Gasteiger partial charge in [-0.3, -0.25) is 9.80 Å². The minimum absolute atomic E-state index is 0.352. The van der Waals surface area contributed by atoms with Crippen LogP contribution in [0.2, 0.25) is 0 Å². The van der Waals surface area contributed by atoms with Crippen molar-refractivity contribution in [1.82, 2.24) is 9.80 Å². The molecule has 1 heterocycles. The zero-order valence-corrected chi connectivity index (χ0v) is 10.1. The van der Waals surface area contributed by atoms with Crippen molar-refractivity contribution in [2.75, 3.05) is 46.4 Å². The first-order chi connectivity index (χ1) is 7.17. The number of ether oxygens (including phenoxy) is 1. The van der Waals surface area contributed by atoms with E-state index < -0.39 is 0 Å². The molecule has 90 valence electrons. The van der Waals surface area contributed by atoms with E-state index in [4.69, 9.17) is 4.74 Å². The van der Waals surface area contributed by atoms with Gasteiger partial charge in [0.05, 0.1) is 12.7 Å². The molecule has 0 aromatic carbocycles. The summed E-state index contributed by atoms with van der Waals surface area (Å²) in [7, 11) is 1.63. The van der Waals surface area contributed by atoms with E-state index in [1.165, 1.54) is 0 Å². The third-order valence-electron chi connectivity index (χ3n) is 3.08. The second-order valence-electron chi connectivity index (χ2n) is 4.35. The van der Waals surface area contributed by atoms with E-state index in [9.17, 15) is 5.11 Å². The van der Waals surface area contributed by atoms with Crippen molar-refractivity contribution < 1.29 is 9.84 Å². The third kappa shape index (κ3) is 4.07. The molecule has 1 aliphatic heterocycles. The van der Waals surface area contributed by atoms with Crippen LogP contribution in [0.25, 0.3) is 0 Å². The first kappa shape index (κ1) is 12.9. The standard InChI is InChI=1S/C11H24N2O2/c1-4-13-6-5-12(7-10(13)2)8-11(14)9-15-3/h10-11,14H,4-9H2,1-3H3. The minimum Gasteiger partial charge on any atom is -0.389 e. The topological polar surface area (TPSA) is 35.9 Å². The van der Waals surface area contributed by atoms with E-state index in [1.54, 1.807) is 7.11 Å². The summed E-state index contributed by atoms with van der Waals surface area (Å²) >= 11 is 0. The van der Waals surface area contributed by atoms with Gasteiger partial charge in [0.15, 0.2) is 0 Å². The Bertz CT molecular complexity index is 176. The van der Waals surface area contributed by atoms with Crippen LogP contribution < -0.4 is 0 Å². The maximum absolute atomic E-state index is 9.63. The van der Waals surface area contributed by atoms with Crippen LogP contribution in [-0.2, 0) is 4.74 Å². The molecule has 1 N–H and O–H groups in total. The maximum Gasteiger partial charge on any atom is 0.0900 e. The number of β-amino-alcohol motifs (C(OH)–C–C–N with tert-alkyl or cyclic N) is 1. The van der Waals surface area contributed by atoms with Gasteiger partial charge >= 0.3 is 0 Å². The summed E-state index contributed by atoms with van der Waals surface area (Å²) in [6.45, 7) is 9.95. The normalized spacial score (nSPS) is 26.8. The zero-order valence-electron chi connectivity index (χ0n) is 10.1. The van der Waals surface area contributed by atoms with Crippen LogP contribution in [0.4, 0.5) is 0 Å². The molecule has 0 radical (unpaired) electrons. The Morgan fingerprint density at radius 3 is 2.73 bits per heavy atom. The molecular weight excluding hydrogens is 192 g/mol. The molecule has 4 nitrogen and oxygen atoms in total. The van der Waals surface area contributed by atoms with E-state index in [0.717, 1.165) is 32.7 Å². The highest BCUT2D eigenvalue weighted by molar-refractivity contribution is 4.79. The van der Waals surface area contributed by atoms with E-state index in [1.807, 2.05) is 0 Å². The molecule has 0 bridgehead atoms. The van der Waals surface area contributed by atoms with Crippen LogP contribution in [0.3, 0.4) is 0 Å². The van der Waals surface area contributed by atoms with Gasteiger partial charge in [-0.25, -0.2) is 0 Å². The van der Waals surface area contributed by atoms with Gasteiger partial charge in [-0.15, -0.1) is 0 Å². The Hall–Kier alpha value is -0.160. The van der Waals surface area contributed by atoms with E-state index in [0.29, 0.717) is 12.6 Å². The van der Waals surface area contributed by atoms with Gasteiger partial charge in [0.2, 0.25) is 0 Å². The van der Waals surface area contributed by atoms with Gasteiger partial charge in [-0.2, -0.15) is 0 Å². The summed E-state index contributed by atoms with van der Waals surface area (Å²) in [6.07, 6.45) is -0.352. The fourth-order valence-corrected chi connectivity index (χ4v) is 2.25. The predicted octanol–water partition coefficient (Wildman–Crippen LogP) is 0.0197. The molecule has 15 heavy (non-hydrogen) atoms. The fraction of sp³-hybridized carbons (Fsp3) is 1.00. The van der Waals surface area contributed by atoms with Crippen LogP contribution in [0.15, 0.2) is 0 Å². The molecule has 1 aliphatic rings. The Balaban J connectivity index is 2.28. The van der Waals surface area contributed by atoms with Crippen molar-refractivity contribution in [1.29, 1.82) is 0 Å². The monoisotopic (exact) mass is 216 g/mol. The SMILES string of the molecule is CCN1CCN(CC(O)COC)CC1C. The summed E-state index contributed by atoms with van der Waals surface area (Å²) in [6, 6.07) is 0.596. The number of aliphatic hydroxyl groups excluding tert-OH is 1. The molecule has 2 atom stereocenters. The van der Waals surface area contributed by atoms with Gasteiger partial charge in [0.25, 0.3) is 0 Å². The van der Waals surface area contributed by atoms with Gasteiger partial charge in [0.1, 0.15) is 0 Å². The molecule has 0 aromatic heterocycles. The van der Waals surface area contributed by atoms with Crippen LogP contribution in [-0.4, -0.2) is 73.5 Å². The quantitative estimate of drug-likeness (QED) is 0.703. The predicted molar refractivity (Wildman–Crippen MR) is 61.0 cm³/mol. The Morgan fingerprint density at radius 2 is 2.20 bits per heavy atom. The van der Waals surface area contributed by atoms with Crippen molar-refractivity contribution in [3.05, 3.63) is 0 Å². The summed E-state index contributed by atoms with van der Waals surface area (Å²) in [5.74, 6) is 0. The van der Waals surface area contributed by atoms with Crippen molar-refractivity contribution in [3.63, 3.8) is 0 Å². The second kappa shape index (κ2) is 6.43. The summed E-state index contributed by atoms with van der Waals surface area (Å²) in [4.78, 5) is 4.79. The largest absolute Gasteiger partial charge is 0.389 e. The lowest BCUT2D eigenvalue weighted by Gasteiger charge is -2.39. The first-order valence-electron chi connectivity index (χ1n) is 5.80. The lowest BCUT2D eigenvalue weighted by atomic mass is 10.2. The zero-order chi connectivity index (χ0) is 11.3. The van der Waals surface area contributed by atoms with Crippen molar-refractivity contribution in [2.24, 2.45) is 0 Å². The number of nitrogens with zero attached hydrogens (tertiary/aromatic N) is 2. The highest BCUT2D eigenvalue weighted by Crippen LogP contribution is 2.09. The van der Waals surface area contributed by atoms with Gasteiger partial charge in [-0.05, 0) is 13.5 Å². The van der Waals surface area contributed by atoms with Crippen molar-refractivity contribution >= 4 is 0 Å². The molecule has 4 heteroatoms. The molecule has 1 fully saturated rings. The number of hydrogen-bond acceptors (Lipinski definition) is 4. The molecule has 0 saturated carbocycles. The lowest BCUT2D eigenvalue weighted by molar-refractivity contribution is 0.0131. The highest BCUT2D eigenvalue weighted by Gasteiger charge is 2.23. The summed E-state index contributed by atoms with van der Waals surface area (Å²) < 4.78 is 4.93. The Morgan fingerprint density at radius 1 is 1.47 bits per heavy atom. The molecule has 1 rings (SSSR count).